The van der Waals surface area contributed by atoms with Gasteiger partial charge in [0, 0.05) is 0 Å². The molecule has 0 atom stereocenters. The van der Waals surface area contributed by atoms with E-state index in [1.807, 2.05) is 6.56 Å². The second-order valence-electron chi connectivity index (χ2n) is 9.90. The summed E-state index contributed by atoms with van der Waals surface area (Å²) in [6, 6.07) is 0. The predicted octanol–water partition coefficient (Wildman–Crippen LogP) is 3.96. The van der Waals surface area contributed by atoms with Crippen LogP contribution in [0.3, 0.4) is 0 Å². The Morgan fingerprint density at radius 3 is 1.34 bits per heavy atom. The third-order valence-corrected chi connectivity index (χ3v) is 11.4. The van der Waals surface area contributed by atoms with Crippen molar-refractivity contribution in [2.24, 2.45) is 0 Å². The summed E-state index contributed by atoms with van der Waals surface area (Å²) in [5.41, 5.74) is 13.4. The molecule has 0 fully saturated rings. The van der Waals surface area contributed by atoms with Crippen LogP contribution in [-0.4, -0.2) is 0 Å². The Hall–Kier alpha value is -0.617. The minimum atomic E-state index is -0.728. The molecule has 0 heterocycles. The van der Waals surface area contributed by atoms with Gasteiger partial charge in [-0.25, -0.2) is 0 Å². The Kier molecular flexibility index (Phi) is 13.1. The summed E-state index contributed by atoms with van der Waals surface area (Å²) in [5.74, 6) is 0. The van der Waals surface area contributed by atoms with Gasteiger partial charge in [-0.3, -0.25) is 0 Å². The summed E-state index contributed by atoms with van der Waals surface area (Å²) >= 11 is -0.728. The molecule has 4 rings (SSSR count). The first-order chi connectivity index (χ1) is 16.2. The zero-order valence-corrected chi connectivity index (χ0v) is 26.2. The van der Waals surface area contributed by atoms with Gasteiger partial charge in [0.05, 0.1) is 0 Å². The van der Waals surface area contributed by atoms with Crippen LogP contribution in [0.5, 0.6) is 0 Å². The minimum Gasteiger partial charge on any atom is -1.00 e. The fraction of sp³-hybridized carbons (Fsp3) is 0.500. The van der Waals surface area contributed by atoms with E-state index in [9.17, 15) is 0 Å². The molecule has 0 spiro atoms. The molecule has 0 bridgehead atoms. The fourth-order valence-corrected chi connectivity index (χ4v) is 9.93. The summed E-state index contributed by atoms with van der Waals surface area (Å²) in [5, 5.41) is 0. The molecule has 0 aromatic carbocycles. The maximum atomic E-state index is 2.62. The molecule has 0 aromatic rings. The van der Waals surface area contributed by atoms with Gasteiger partial charge >= 0.3 is 216 Å². The molecule has 0 radical (unpaired) electrons. The van der Waals surface area contributed by atoms with Crippen LogP contribution in [0.2, 0.25) is 0 Å². The Bertz CT molecular complexity index is 942. The van der Waals surface area contributed by atoms with Crippen LogP contribution < -0.4 is 24.8 Å². The molecule has 0 unspecified atom stereocenters. The normalized spacial score (nSPS) is 19.0. The van der Waals surface area contributed by atoms with Gasteiger partial charge in [0.25, 0.3) is 0 Å². The Morgan fingerprint density at radius 1 is 0.571 bits per heavy atom. The van der Waals surface area contributed by atoms with E-state index in [2.05, 4.69) is 64.2 Å². The molecule has 4 aliphatic carbocycles. The van der Waals surface area contributed by atoms with E-state index in [0.717, 1.165) is 12.8 Å². The maximum absolute atomic E-state index is 2.62. The molecule has 0 saturated carbocycles. The van der Waals surface area contributed by atoms with Crippen molar-refractivity contribution in [3.8, 4) is 0 Å². The molecular weight excluding hydrogens is 546 g/mol. The molecule has 0 aromatic heterocycles. The molecule has 0 N–H and O–H groups in total. The number of hydrogen-bond donors (Lipinski definition) is 0. The summed E-state index contributed by atoms with van der Waals surface area (Å²) < 4.78 is 3.77. The van der Waals surface area contributed by atoms with E-state index >= 15 is 0 Å². The molecule has 4 aliphatic rings. The molecular formula is C32H42Cl2Zr. The van der Waals surface area contributed by atoms with Gasteiger partial charge in [-0.15, -0.1) is 0 Å². The summed E-state index contributed by atoms with van der Waals surface area (Å²) in [6.07, 6.45) is 29.7. The molecule has 35 heavy (non-hydrogen) atoms. The molecule has 0 amide bonds. The number of rotatable bonds is 12. The van der Waals surface area contributed by atoms with Crippen molar-refractivity contribution in [3.63, 3.8) is 0 Å². The van der Waals surface area contributed by atoms with Crippen LogP contribution in [-0.2, 0) is 23.2 Å². The van der Waals surface area contributed by atoms with E-state index in [1.165, 1.54) is 64.2 Å². The van der Waals surface area contributed by atoms with Gasteiger partial charge in [-0.05, 0) is 0 Å². The van der Waals surface area contributed by atoms with Crippen molar-refractivity contribution in [2.45, 2.75) is 105 Å². The Morgan fingerprint density at radius 2 is 0.971 bits per heavy atom. The summed E-state index contributed by atoms with van der Waals surface area (Å²) in [7, 11) is 0. The standard InChI is InChI=1S/2C16H21.2ClH.Zr/c2*1-3-7-13-9-5-11-15(13)16-12-6-10-14(16)8-4-2;;;/h2*5,9,12H,3-4,6-8,11H2,1-2H3;2*1H;/q;;;;+2/p-2. The Balaban J connectivity index is 0.00000216. The van der Waals surface area contributed by atoms with Gasteiger partial charge in [0.1, 0.15) is 0 Å². The van der Waals surface area contributed by atoms with Crippen LogP contribution >= 0.6 is 0 Å². The number of allylic oxidation sites excluding steroid dienone is 16. The van der Waals surface area contributed by atoms with E-state index < -0.39 is 23.2 Å². The Labute approximate surface area is 239 Å². The largest absolute Gasteiger partial charge is 1.00 e. The smallest absolute Gasteiger partial charge is 1.00 e. The summed E-state index contributed by atoms with van der Waals surface area (Å²) in [6.45, 7) is 9.36. The number of halogens is 2. The first-order valence-corrected chi connectivity index (χ1v) is 16.1. The second-order valence-corrected chi connectivity index (χ2v) is 13.5. The van der Waals surface area contributed by atoms with Gasteiger partial charge in [0.2, 0.25) is 0 Å². The molecule has 188 valence electrons. The first-order valence-electron chi connectivity index (χ1n) is 13.6. The minimum absolute atomic E-state index is 0. The van der Waals surface area contributed by atoms with Crippen LogP contribution in [0, 0.1) is 0 Å². The average molecular weight is 589 g/mol. The van der Waals surface area contributed by atoms with Crippen LogP contribution in [0.25, 0.3) is 0 Å². The van der Waals surface area contributed by atoms with Crippen molar-refractivity contribution < 1.29 is 48.0 Å². The third-order valence-electron chi connectivity index (χ3n) is 7.45. The van der Waals surface area contributed by atoms with Crippen LogP contribution in [0.4, 0.5) is 0 Å². The van der Waals surface area contributed by atoms with Crippen molar-refractivity contribution in [1.82, 2.24) is 0 Å². The van der Waals surface area contributed by atoms with Gasteiger partial charge < -0.3 is 24.8 Å². The summed E-state index contributed by atoms with van der Waals surface area (Å²) in [4.78, 5) is 0. The third kappa shape index (κ3) is 6.83. The van der Waals surface area contributed by atoms with Gasteiger partial charge in [-0.2, -0.15) is 0 Å². The second kappa shape index (κ2) is 15.0. The van der Waals surface area contributed by atoms with Crippen molar-refractivity contribution in [2.75, 3.05) is 0 Å². The fourth-order valence-electron chi connectivity index (χ4n) is 6.02. The van der Waals surface area contributed by atoms with E-state index in [-0.39, 0.29) is 24.8 Å². The SMILES string of the molecule is CCCC1=C(C2=CC[C]([Zr+2][C]3=C(CCC)C(C4=C(CCC)C=CC4)=CC3)=C2CCC)CC=C1.[Cl-].[Cl-]. The molecule has 0 saturated heterocycles. The monoisotopic (exact) mass is 586 g/mol. The van der Waals surface area contributed by atoms with E-state index in [4.69, 9.17) is 0 Å². The zero-order valence-electron chi connectivity index (χ0n) is 22.2. The average Bonchev–Trinajstić information content (AvgIpc) is 3.59. The van der Waals surface area contributed by atoms with E-state index in [0.29, 0.717) is 0 Å². The van der Waals surface area contributed by atoms with Gasteiger partial charge in [0.15, 0.2) is 0 Å². The quantitative estimate of drug-likeness (QED) is 0.324. The first kappa shape index (κ1) is 30.6. The van der Waals surface area contributed by atoms with Crippen LogP contribution in [0.15, 0.2) is 87.6 Å². The van der Waals surface area contributed by atoms with Crippen molar-refractivity contribution in [3.05, 3.63) is 87.6 Å². The van der Waals surface area contributed by atoms with Crippen molar-refractivity contribution in [1.29, 1.82) is 0 Å². The topological polar surface area (TPSA) is 0 Å². The zero-order chi connectivity index (χ0) is 23.2. The molecule has 0 aliphatic heterocycles. The number of hydrogen-bond acceptors (Lipinski definition) is 0. The van der Waals surface area contributed by atoms with Crippen molar-refractivity contribution >= 4 is 0 Å². The van der Waals surface area contributed by atoms with Crippen LogP contribution in [0.1, 0.15) is 105 Å². The van der Waals surface area contributed by atoms with E-state index in [1.54, 1.807) is 44.6 Å². The molecule has 3 heteroatoms. The van der Waals surface area contributed by atoms with Gasteiger partial charge in [-0.1, -0.05) is 0 Å². The maximum Gasteiger partial charge on any atom is -1.00 e. The predicted molar refractivity (Wildman–Crippen MR) is 141 cm³/mol. The molecule has 0 nitrogen and oxygen atoms in total.